The van der Waals surface area contributed by atoms with Gasteiger partial charge in [-0.15, -0.1) is 0 Å². The van der Waals surface area contributed by atoms with Crippen LogP contribution in [-0.2, 0) is 14.6 Å². The highest BCUT2D eigenvalue weighted by Crippen LogP contribution is 2.05. The van der Waals surface area contributed by atoms with E-state index in [2.05, 4.69) is 4.90 Å². The van der Waals surface area contributed by atoms with E-state index in [1.807, 2.05) is 6.07 Å². The van der Waals surface area contributed by atoms with Gasteiger partial charge in [-0.2, -0.15) is 0 Å². The first-order chi connectivity index (χ1) is 9.57. The summed E-state index contributed by atoms with van der Waals surface area (Å²) >= 11 is 0. The highest BCUT2D eigenvalue weighted by Gasteiger charge is 2.20. The zero-order valence-electron chi connectivity index (χ0n) is 11.3. The second kappa shape index (κ2) is 6.85. The maximum atomic E-state index is 11.7. The molecule has 0 amide bonds. The monoisotopic (exact) mass is 297 g/mol. The molecule has 0 aliphatic carbocycles. The summed E-state index contributed by atoms with van der Waals surface area (Å²) in [4.78, 5) is 13.8. The lowest BCUT2D eigenvalue weighted by Crippen LogP contribution is -2.40. The minimum Gasteiger partial charge on any atom is -0.462 e. The van der Waals surface area contributed by atoms with Crippen molar-refractivity contribution in [1.82, 2.24) is 4.90 Å². The molecular formula is C14H19NO4S. The summed E-state index contributed by atoms with van der Waals surface area (Å²) in [5, 5.41) is 0. The topological polar surface area (TPSA) is 63.7 Å². The summed E-state index contributed by atoms with van der Waals surface area (Å²) in [6, 6.07) is 8.88. The molecule has 0 radical (unpaired) electrons. The van der Waals surface area contributed by atoms with Crippen molar-refractivity contribution in [2.75, 3.05) is 37.7 Å². The van der Waals surface area contributed by atoms with E-state index in [4.69, 9.17) is 4.74 Å². The van der Waals surface area contributed by atoms with E-state index in [0.29, 0.717) is 25.3 Å². The molecule has 0 bridgehead atoms. The standard InChI is InChI=1S/C14H19NO4S/c16-14(13-5-2-1-3-6-13)19-10-4-7-15-8-11-20(17,18)12-9-15/h1-3,5-6H,4,7-12H2. The Kier molecular flexibility index (Phi) is 5.14. The van der Waals surface area contributed by atoms with Crippen LogP contribution in [0.3, 0.4) is 0 Å². The average molecular weight is 297 g/mol. The van der Waals surface area contributed by atoms with E-state index in [1.54, 1.807) is 24.3 Å². The number of esters is 1. The molecule has 1 aromatic rings. The van der Waals surface area contributed by atoms with Crippen LogP contribution in [0.1, 0.15) is 16.8 Å². The fraction of sp³-hybridized carbons (Fsp3) is 0.500. The molecule has 1 fully saturated rings. The molecule has 20 heavy (non-hydrogen) atoms. The van der Waals surface area contributed by atoms with Gasteiger partial charge in [0.05, 0.1) is 23.7 Å². The summed E-state index contributed by atoms with van der Waals surface area (Å²) in [5.41, 5.74) is 0.552. The normalized spacial score (nSPS) is 18.6. The zero-order chi connectivity index (χ0) is 14.4. The molecule has 0 aromatic heterocycles. The third kappa shape index (κ3) is 4.61. The molecule has 1 aliphatic rings. The van der Waals surface area contributed by atoms with E-state index >= 15 is 0 Å². The van der Waals surface area contributed by atoms with Crippen LogP contribution in [0.25, 0.3) is 0 Å². The third-order valence-electron chi connectivity index (χ3n) is 3.30. The molecule has 0 saturated carbocycles. The minimum atomic E-state index is -2.82. The van der Waals surface area contributed by atoms with Gasteiger partial charge < -0.3 is 9.64 Å². The fourth-order valence-corrected chi connectivity index (χ4v) is 3.36. The van der Waals surface area contributed by atoms with Gasteiger partial charge in [0.15, 0.2) is 9.84 Å². The fourth-order valence-electron chi connectivity index (χ4n) is 2.08. The van der Waals surface area contributed by atoms with Crippen molar-refractivity contribution in [3.63, 3.8) is 0 Å². The Labute approximate surface area is 119 Å². The highest BCUT2D eigenvalue weighted by molar-refractivity contribution is 7.91. The van der Waals surface area contributed by atoms with Crippen LogP contribution in [0.2, 0.25) is 0 Å². The first-order valence-corrected chi connectivity index (χ1v) is 8.54. The van der Waals surface area contributed by atoms with Crippen molar-refractivity contribution in [3.05, 3.63) is 35.9 Å². The Hall–Kier alpha value is -1.40. The lowest BCUT2D eigenvalue weighted by atomic mass is 10.2. The number of hydrogen-bond acceptors (Lipinski definition) is 5. The molecule has 1 aliphatic heterocycles. The number of hydrogen-bond donors (Lipinski definition) is 0. The molecule has 2 rings (SSSR count). The van der Waals surface area contributed by atoms with Crippen LogP contribution in [-0.4, -0.2) is 57.0 Å². The van der Waals surface area contributed by atoms with Gasteiger partial charge in [-0.25, -0.2) is 13.2 Å². The Morgan fingerprint density at radius 2 is 1.80 bits per heavy atom. The maximum Gasteiger partial charge on any atom is 0.338 e. The first kappa shape index (κ1) is 15.0. The van der Waals surface area contributed by atoms with Gasteiger partial charge in [0, 0.05) is 19.6 Å². The Morgan fingerprint density at radius 3 is 2.45 bits per heavy atom. The number of nitrogens with zero attached hydrogens (tertiary/aromatic N) is 1. The van der Waals surface area contributed by atoms with Crippen molar-refractivity contribution in [2.24, 2.45) is 0 Å². The van der Waals surface area contributed by atoms with Gasteiger partial charge in [0.25, 0.3) is 0 Å². The number of carbonyl (C=O) groups excluding carboxylic acids is 1. The molecule has 6 heteroatoms. The minimum absolute atomic E-state index is 0.233. The molecular weight excluding hydrogens is 278 g/mol. The summed E-state index contributed by atoms with van der Waals surface area (Å²) in [7, 11) is -2.82. The lowest BCUT2D eigenvalue weighted by Gasteiger charge is -2.26. The van der Waals surface area contributed by atoms with Crippen molar-refractivity contribution in [2.45, 2.75) is 6.42 Å². The third-order valence-corrected chi connectivity index (χ3v) is 4.91. The van der Waals surface area contributed by atoms with Crippen molar-refractivity contribution in [1.29, 1.82) is 0 Å². The Morgan fingerprint density at radius 1 is 1.15 bits per heavy atom. The van der Waals surface area contributed by atoms with E-state index in [-0.39, 0.29) is 17.5 Å². The van der Waals surface area contributed by atoms with E-state index in [9.17, 15) is 13.2 Å². The summed E-state index contributed by atoms with van der Waals surface area (Å²) in [6.07, 6.45) is 0.721. The molecule has 1 heterocycles. The second-order valence-corrected chi connectivity index (χ2v) is 7.15. The van der Waals surface area contributed by atoms with Crippen LogP contribution < -0.4 is 0 Å². The van der Waals surface area contributed by atoms with E-state index in [1.165, 1.54) is 0 Å². The lowest BCUT2D eigenvalue weighted by molar-refractivity contribution is 0.0489. The van der Waals surface area contributed by atoms with Crippen molar-refractivity contribution < 1.29 is 17.9 Å². The van der Waals surface area contributed by atoms with Crippen LogP contribution in [0, 0.1) is 0 Å². The molecule has 1 aromatic carbocycles. The average Bonchev–Trinajstić information content (AvgIpc) is 2.46. The number of ether oxygens (including phenoxy) is 1. The smallest absolute Gasteiger partial charge is 0.338 e. The number of sulfone groups is 1. The molecule has 110 valence electrons. The van der Waals surface area contributed by atoms with E-state index in [0.717, 1.165) is 13.0 Å². The van der Waals surface area contributed by atoms with E-state index < -0.39 is 9.84 Å². The van der Waals surface area contributed by atoms with Gasteiger partial charge in [0.1, 0.15) is 0 Å². The second-order valence-electron chi connectivity index (χ2n) is 4.85. The Bertz CT molecular complexity index is 528. The molecule has 0 N–H and O–H groups in total. The summed E-state index contributed by atoms with van der Waals surface area (Å²) in [6.45, 7) is 2.28. The number of carbonyl (C=O) groups is 1. The molecule has 5 nitrogen and oxygen atoms in total. The van der Waals surface area contributed by atoms with Gasteiger partial charge >= 0.3 is 5.97 Å². The molecule has 0 unspecified atom stereocenters. The van der Waals surface area contributed by atoms with Crippen LogP contribution >= 0.6 is 0 Å². The highest BCUT2D eigenvalue weighted by atomic mass is 32.2. The van der Waals surface area contributed by atoms with Crippen molar-refractivity contribution in [3.8, 4) is 0 Å². The molecule has 0 spiro atoms. The molecule has 1 saturated heterocycles. The van der Waals surface area contributed by atoms with Gasteiger partial charge in [-0.1, -0.05) is 18.2 Å². The zero-order valence-corrected chi connectivity index (χ0v) is 12.1. The summed E-state index contributed by atoms with van der Waals surface area (Å²) < 4.78 is 27.7. The van der Waals surface area contributed by atoms with Crippen LogP contribution in [0.15, 0.2) is 30.3 Å². The first-order valence-electron chi connectivity index (χ1n) is 6.72. The predicted octanol–water partition coefficient (Wildman–Crippen LogP) is 0.964. The van der Waals surface area contributed by atoms with Crippen LogP contribution in [0.4, 0.5) is 0 Å². The Balaban J connectivity index is 1.64. The number of rotatable bonds is 5. The van der Waals surface area contributed by atoms with Gasteiger partial charge in [0.2, 0.25) is 0 Å². The quantitative estimate of drug-likeness (QED) is 0.598. The van der Waals surface area contributed by atoms with Gasteiger partial charge in [-0.05, 0) is 18.6 Å². The maximum absolute atomic E-state index is 11.7. The predicted molar refractivity (Wildman–Crippen MR) is 76.4 cm³/mol. The molecule has 0 atom stereocenters. The largest absolute Gasteiger partial charge is 0.462 e. The summed E-state index contributed by atoms with van der Waals surface area (Å²) in [5.74, 6) is 0.153. The van der Waals surface area contributed by atoms with Crippen molar-refractivity contribution >= 4 is 15.8 Å². The SMILES string of the molecule is O=C(OCCCN1CCS(=O)(=O)CC1)c1ccccc1. The number of benzene rings is 1. The van der Waals surface area contributed by atoms with Gasteiger partial charge in [-0.3, -0.25) is 0 Å². The van der Waals surface area contributed by atoms with Crippen LogP contribution in [0.5, 0.6) is 0 Å².